The van der Waals surface area contributed by atoms with Crippen LogP contribution in [-0.4, -0.2) is 39.2 Å². The summed E-state index contributed by atoms with van der Waals surface area (Å²) < 4.78 is 10.0. The van der Waals surface area contributed by atoms with Crippen LogP contribution in [0.3, 0.4) is 0 Å². The summed E-state index contributed by atoms with van der Waals surface area (Å²) in [6, 6.07) is 0. The summed E-state index contributed by atoms with van der Waals surface area (Å²) >= 11 is 0. The molecule has 15 heavy (non-hydrogen) atoms. The highest BCUT2D eigenvalue weighted by molar-refractivity contribution is 5.44. The third-order valence-corrected chi connectivity index (χ3v) is 1.86. The summed E-state index contributed by atoms with van der Waals surface area (Å²) in [4.78, 5) is 4.09. The maximum absolute atomic E-state index is 5.46. The van der Waals surface area contributed by atoms with Crippen LogP contribution < -0.4 is 5.73 Å². The number of aromatic nitrogens is 5. The van der Waals surface area contributed by atoms with E-state index >= 15 is 0 Å². The monoisotopic (exact) mass is 210 g/mol. The van der Waals surface area contributed by atoms with Crippen molar-refractivity contribution in [1.29, 1.82) is 0 Å². The van der Waals surface area contributed by atoms with Crippen molar-refractivity contribution in [3.05, 3.63) is 12.1 Å². The molecule has 0 amide bonds. The van der Waals surface area contributed by atoms with Crippen molar-refractivity contribution in [2.45, 2.75) is 6.10 Å². The highest BCUT2D eigenvalue weighted by atomic mass is 16.5. The van der Waals surface area contributed by atoms with Gasteiger partial charge in [-0.1, -0.05) is 5.16 Å². The van der Waals surface area contributed by atoms with Crippen LogP contribution in [0.2, 0.25) is 0 Å². The van der Waals surface area contributed by atoms with Gasteiger partial charge in [0.15, 0.2) is 5.69 Å². The molecule has 3 N–H and O–H groups in total. The van der Waals surface area contributed by atoms with Crippen LogP contribution >= 0.6 is 0 Å². The first-order valence-corrected chi connectivity index (χ1v) is 4.27. The van der Waals surface area contributed by atoms with E-state index in [0.717, 1.165) is 0 Å². The van der Waals surface area contributed by atoms with E-state index in [0.29, 0.717) is 17.4 Å². The fourth-order valence-electron chi connectivity index (χ4n) is 1.08. The van der Waals surface area contributed by atoms with Gasteiger partial charge < -0.3 is 15.0 Å². The van der Waals surface area contributed by atoms with Gasteiger partial charge in [-0.15, -0.1) is 0 Å². The number of hydrogen-bond donors (Lipinski definition) is 2. The Balaban J connectivity index is 2.24. The van der Waals surface area contributed by atoms with E-state index in [-0.39, 0.29) is 6.54 Å². The molecule has 2 aromatic heterocycles. The van der Waals surface area contributed by atoms with Crippen LogP contribution in [0.25, 0.3) is 11.5 Å². The largest absolute Gasteiger partial charge is 0.370 e. The van der Waals surface area contributed by atoms with E-state index in [1.807, 2.05) is 0 Å². The number of hydrogen-bond acceptors (Lipinski definition) is 7. The smallest absolute Gasteiger partial charge is 0.257 e. The molecule has 0 aliphatic heterocycles. The molecule has 80 valence electrons. The molecule has 2 heterocycles. The first kappa shape index (κ1) is 9.74. The fourth-order valence-corrected chi connectivity index (χ4v) is 1.08. The van der Waals surface area contributed by atoms with Crippen LogP contribution in [0.4, 0.5) is 0 Å². The Morgan fingerprint density at radius 2 is 2.53 bits per heavy atom. The maximum atomic E-state index is 5.46. The van der Waals surface area contributed by atoms with Crippen molar-refractivity contribution >= 4 is 0 Å². The van der Waals surface area contributed by atoms with Gasteiger partial charge >= 0.3 is 0 Å². The first-order valence-electron chi connectivity index (χ1n) is 4.27. The van der Waals surface area contributed by atoms with Gasteiger partial charge in [0, 0.05) is 13.7 Å². The molecule has 0 spiro atoms. The molecule has 0 aromatic carbocycles. The molecule has 1 unspecified atom stereocenters. The number of ether oxygens (including phenoxy) is 1. The fraction of sp³-hybridized carbons (Fsp3) is 0.429. The molecule has 0 saturated carbocycles. The van der Waals surface area contributed by atoms with Crippen molar-refractivity contribution < 1.29 is 9.26 Å². The van der Waals surface area contributed by atoms with Gasteiger partial charge in [-0.25, -0.2) is 0 Å². The number of methoxy groups -OCH3 is 1. The lowest BCUT2D eigenvalue weighted by molar-refractivity contribution is 0.0804. The topological polar surface area (TPSA) is 116 Å². The standard InChI is InChI=1S/C7H10N6O2/c1-14-5(2-8)7-10-6(12-15-7)4-3-9-13-11-4/h3,5H,2,8H2,1H3,(H,9,11,13). The van der Waals surface area contributed by atoms with Crippen LogP contribution in [0.5, 0.6) is 0 Å². The first-order chi connectivity index (χ1) is 7.35. The number of nitrogens with one attached hydrogen (secondary N) is 1. The number of aromatic amines is 1. The van der Waals surface area contributed by atoms with E-state index in [9.17, 15) is 0 Å². The van der Waals surface area contributed by atoms with E-state index in [1.165, 1.54) is 13.3 Å². The third kappa shape index (κ3) is 1.85. The second-order valence-electron chi connectivity index (χ2n) is 2.77. The summed E-state index contributed by atoms with van der Waals surface area (Å²) in [5.74, 6) is 0.687. The number of nitrogens with zero attached hydrogens (tertiary/aromatic N) is 4. The minimum Gasteiger partial charge on any atom is -0.370 e. The van der Waals surface area contributed by atoms with Crippen molar-refractivity contribution in [1.82, 2.24) is 25.6 Å². The lowest BCUT2D eigenvalue weighted by Gasteiger charge is -2.05. The van der Waals surface area contributed by atoms with Gasteiger partial charge in [-0.05, 0) is 0 Å². The van der Waals surface area contributed by atoms with Gasteiger partial charge in [0.05, 0.1) is 6.20 Å². The van der Waals surface area contributed by atoms with Crippen molar-refractivity contribution in [3.8, 4) is 11.5 Å². The molecule has 1 atom stereocenters. The van der Waals surface area contributed by atoms with Crippen molar-refractivity contribution in [2.75, 3.05) is 13.7 Å². The average molecular weight is 210 g/mol. The van der Waals surface area contributed by atoms with Crippen molar-refractivity contribution in [2.24, 2.45) is 5.73 Å². The molecule has 2 aromatic rings. The van der Waals surface area contributed by atoms with E-state index in [2.05, 4.69) is 25.6 Å². The lowest BCUT2D eigenvalue weighted by Crippen LogP contribution is -2.14. The zero-order valence-electron chi connectivity index (χ0n) is 8.04. The zero-order chi connectivity index (χ0) is 10.7. The summed E-state index contributed by atoms with van der Waals surface area (Å²) in [6.07, 6.45) is 1.11. The SMILES string of the molecule is COC(CN)c1nc(-c2cn[nH]n2)no1. The number of H-pyrrole nitrogens is 1. The molecule has 2 rings (SSSR count). The second kappa shape index (κ2) is 4.15. The maximum Gasteiger partial charge on any atom is 0.257 e. The predicted molar refractivity (Wildman–Crippen MR) is 48.5 cm³/mol. The molecular weight excluding hydrogens is 200 g/mol. The van der Waals surface area contributed by atoms with Gasteiger partial charge in [-0.2, -0.15) is 20.4 Å². The Morgan fingerprint density at radius 1 is 1.67 bits per heavy atom. The Labute approximate surface area is 84.8 Å². The Morgan fingerprint density at radius 3 is 3.13 bits per heavy atom. The Kier molecular flexibility index (Phi) is 2.70. The lowest BCUT2D eigenvalue weighted by atomic mass is 10.3. The van der Waals surface area contributed by atoms with Crippen LogP contribution in [-0.2, 0) is 4.74 Å². The third-order valence-electron chi connectivity index (χ3n) is 1.86. The van der Waals surface area contributed by atoms with Gasteiger partial charge in [-0.3, -0.25) is 0 Å². The Bertz CT molecular complexity index is 407. The average Bonchev–Trinajstić information content (AvgIpc) is 2.89. The van der Waals surface area contributed by atoms with Gasteiger partial charge in [0.1, 0.15) is 6.10 Å². The minimum atomic E-state index is -0.391. The van der Waals surface area contributed by atoms with E-state index in [4.69, 9.17) is 15.0 Å². The van der Waals surface area contributed by atoms with Crippen LogP contribution in [0.1, 0.15) is 12.0 Å². The zero-order valence-corrected chi connectivity index (χ0v) is 8.04. The van der Waals surface area contributed by atoms with Crippen LogP contribution in [0.15, 0.2) is 10.7 Å². The normalized spacial score (nSPS) is 12.9. The summed E-state index contributed by atoms with van der Waals surface area (Å²) in [6.45, 7) is 0.275. The molecule has 8 heteroatoms. The Hall–Kier alpha value is -1.80. The highest BCUT2D eigenvalue weighted by Gasteiger charge is 2.18. The van der Waals surface area contributed by atoms with Gasteiger partial charge in [0.2, 0.25) is 5.82 Å². The summed E-state index contributed by atoms with van der Waals surface area (Å²) in [5.41, 5.74) is 5.97. The quantitative estimate of drug-likeness (QED) is 0.698. The van der Waals surface area contributed by atoms with E-state index in [1.54, 1.807) is 0 Å². The molecule has 0 aliphatic carbocycles. The molecular formula is C7H10N6O2. The van der Waals surface area contributed by atoms with E-state index < -0.39 is 6.10 Å². The molecule has 8 nitrogen and oxygen atoms in total. The molecule has 0 saturated heterocycles. The van der Waals surface area contributed by atoms with Crippen molar-refractivity contribution in [3.63, 3.8) is 0 Å². The molecule has 0 bridgehead atoms. The predicted octanol–water partition coefficient (Wildman–Crippen LogP) is -0.499. The minimum absolute atomic E-state index is 0.275. The second-order valence-corrected chi connectivity index (χ2v) is 2.77. The van der Waals surface area contributed by atoms with Gasteiger partial charge in [0.25, 0.3) is 5.89 Å². The number of nitrogens with two attached hydrogens (primary N) is 1. The summed E-state index contributed by atoms with van der Waals surface area (Å²) in [5, 5.41) is 13.6. The number of rotatable bonds is 4. The molecule has 0 aliphatic rings. The molecule has 0 radical (unpaired) electrons. The molecule has 0 fully saturated rings. The summed E-state index contributed by atoms with van der Waals surface area (Å²) in [7, 11) is 1.53. The van der Waals surface area contributed by atoms with Crippen LogP contribution in [0, 0.1) is 0 Å². The highest BCUT2D eigenvalue weighted by Crippen LogP contribution is 2.16.